The normalized spacial score (nSPS) is 17.4. The van der Waals surface area contributed by atoms with E-state index >= 15 is 0 Å². The number of nitriles is 1. The third-order valence-corrected chi connectivity index (χ3v) is 7.55. The molecule has 7 nitrogen and oxygen atoms in total. The molecule has 7 rings (SSSR count). The van der Waals surface area contributed by atoms with Crippen LogP contribution in [0.15, 0.2) is 127 Å². The van der Waals surface area contributed by atoms with Gasteiger partial charge in [0.2, 0.25) is 17.7 Å². The first-order valence-corrected chi connectivity index (χ1v) is 12.9. The quantitative estimate of drug-likeness (QED) is 0.339. The lowest BCUT2D eigenvalue weighted by Gasteiger charge is -2.33. The van der Waals surface area contributed by atoms with E-state index in [4.69, 9.17) is 15.6 Å². The predicted octanol–water partition coefficient (Wildman–Crippen LogP) is 5.46. The highest BCUT2D eigenvalue weighted by Crippen LogP contribution is 2.58. The highest BCUT2D eigenvalue weighted by molar-refractivity contribution is 6.15. The zero-order valence-electron chi connectivity index (χ0n) is 21.4. The summed E-state index contributed by atoms with van der Waals surface area (Å²) in [6.07, 6.45) is 0. The first-order valence-electron chi connectivity index (χ1n) is 12.9. The van der Waals surface area contributed by atoms with Gasteiger partial charge in [-0.3, -0.25) is 4.79 Å². The van der Waals surface area contributed by atoms with E-state index in [0.29, 0.717) is 29.2 Å². The van der Waals surface area contributed by atoms with Crippen LogP contribution in [0, 0.1) is 11.3 Å². The van der Waals surface area contributed by atoms with Crippen LogP contribution in [0.2, 0.25) is 0 Å². The van der Waals surface area contributed by atoms with Crippen molar-refractivity contribution in [1.82, 2.24) is 9.78 Å². The summed E-state index contributed by atoms with van der Waals surface area (Å²) >= 11 is 0. The standard InChI is InChI=1S/C33H23N5O2/c34-20-26-30(35)40-31-28(29(23-14-6-2-7-15-23)36-38(31)24-16-8-3-9-17-24)33(26)25-18-10-11-19-27(25)37(32(33)39)21-22-12-4-1-5-13-22/h1-19H,21,35H2. The molecular weight excluding hydrogens is 498 g/mol. The van der Waals surface area contributed by atoms with Crippen LogP contribution in [0.25, 0.3) is 16.9 Å². The smallest absolute Gasteiger partial charge is 0.248 e. The number of amides is 1. The van der Waals surface area contributed by atoms with Crippen LogP contribution in [0.1, 0.15) is 16.7 Å². The van der Waals surface area contributed by atoms with Crippen molar-refractivity contribution in [2.45, 2.75) is 12.0 Å². The number of anilines is 1. The van der Waals surface area contributed by atoms with Crippen LogP contribution in [-0.4, -0.2) is 15.7 Å². The largest absolute Gasteiger partial charge is 0.422 e. The van der Waals surface area contributed by atoms with Gasteiger partial charge in [0.15, 0.2) is 0 Å². The van der Waals surface area contributed by atoms with Gasteiger partial charge in [-0.2, -0.15) is 15.0 Å². The van der Waals surface area contributed by atoms with Crippen LogP contribution < -0.4 is 15.4 Å². The first kappa shape index (κ1) is 23.5. The molecule has 40 heavy (non-hydrogen) atoms. The molecule has 4 aromatic carbocycles. The van der Waals surface area contributed by atoms with Crippen molar-refractivity contribution in [2.75, 3.05) is 4.90 Å². The van der Waals surface area contributed by atoms with Crippen molar-refractivity contribution in [3.8, 4) is 28.9 Å². The van der Waals surface area contributed by atoms with Gasteiger partial charge in [-0.05, 0) is 23.8 Å². The first-order chi connectivity index (χ1) is 19.6. The zero-order chi connectivity index (χ0) is 27.3. The monoisotopic (exact) mass is 521 g/mol. The zero-order valence-corrected chi connectivity index (χ0v) is 21.4. The topological polar surface area (TPSA) is 97.2 Å². The highest BCUT2D eigenvalue weighted by Gasteiger charge is 2.61. The molecule has 2 aliphatic rings. The molecule has 1 atom stereocenters. The van der Waals surface area contributed by atoms with E-state index in [9.17, 15) is 10.1 Å². The van der Waals surface area contributed by atoms with Crippen LogP contribution >= 0.6 is 0 Å². The van der Waals surface area contributed by atoms with E-state index in [1.807, 2.05) is 115 Å². The summed E-state index contributed by atoms with van der Waals surface area (Å²) < 4.78 is 7.85. The summed E-state index contributed by atoms with van der Waals surface area (Å²) in [5, 5.41) is 15.6. The van der Waals surface area contributed by atoms with E-state index in [-0.39, 0.29) is 17.4 Å². The van der Waals surface area contributed by atoms with Gasteiger partial charge < -0.3 is 15.4 Å². The molecule has 5 aromatic rings. The second kappa shape index (κ2) is 9.00. The van der Waals surface area contributed by atoms with Gasteiger partial charge >= 0.3 is 0 Å². The number of carbonyl (C=O) groups excluding carboxylic acids is 1. The average Bonchev–Trinajstić information content (AvgIpc) is 3.49. The molecular formula is C33H23N5O2. The van der Waals surface area contributed by atoms with Crippen molar-refractivity contribution in [3.05, 3.63) is 143 Å². The van der Waals surface area contributed by atoms with Gasteiger partial charge in [0.25, 0.3) is 0 Å². The molecule has 7 heteroatoms. The summed E-state index contributed by atoms with van der Waals surface area (Å²) in [7, 11) is 0. The minimum Gasteiger partial charge on any atom is -0.422 e. The van der Waals surface area contributed by atoms with E-state index < -0.39 is 5.41 Å². The number of para-hydroxylation sites is 2. The van der Waals surface area contributed by atoms with Crippen LogP contribution in [0.4, 0.5) is 5.69 Å². The molecule has 2 N–H and O–H groups in total. The van der Waals surface area contributed by atoms with Gasteiger partial charge in [0.1, 0.15) is 22.8 Å². The average molecular weight is 522 g/mol. The lowest BCUT2D eigenvalue weighted by atomic mass is 9.68. The number of rotatable bonds is 4. The summed E-state index contributed by atoms with van der Waals surface area (Å²) in [5.41, 5.74) is 9.94. The number of carbonyl (C=O) groups is 1. The number of benzene rings is 4. The summed E-state index contributed by atoms with van der Waals surface area (Å²) in [6.45, 7) is 0.334. The maximum Gasteiger partial charge on any atom is 0.248 e. The Hall–Kier alpha value is -5.61. The maximum absolute atomic E-state index is 14.9. The molecule has 192 valence electrons. The van der Waals surface area contributed by atoms with Gasteiger partial charge in [-0.15, -0.1) is 0 Å². The van der Waals surface area contributed by atoms with Crippen molar-refractivity contribution in [1.29, 1.82) is 5.26 Å². The van der Waals surface area contributed by atoms with E-state index in [0.717, 1.165) is 22.5 Å². The molecule has 0 bridgehead atoms. The lowest BCUT2D eigenvalue weighted by molar-refractivity contribution is -0.121. The molecule has 1 spiro atoms. The Morgan fingerprint density at radius 2 is 1.48 bits per heavy atom. The number of aromatic nitrogens is 2. The van der Waals surface area contributed by atoms with Crippen LogP contribution in [0.5, 0.6) is 5.88 Å². The summed E-state index contributed by atoms with van der Waals surface area (Å²) in [5.74, 6) is -0.0749. The van der Waals surface area contributed by atoms with Crippen LogP contribution in [-0.2, 0) is 16.8 Å². The second-order valence-corrected chi connectivity index (χ2v) is 9.74. The fraction of sp³-hybridized carbons (Fsp3) is 0.0606. The van der Waals surface area contributed by atoms with Crippen molar-refractivity contribution in [2.24, 2.45) is 5.73 Å². The number of hydrogen-bond acceptors (Lipinski definition) is 5. The minimum absolute atomic E-state index is 0.0535. The molecule has 0 aliphatic carbocycles. The van der Waals surface area contributed by atoms with Crippen LogP contribution in [0.3, 0.4) is 0 Å². The van der Waals surface area contributed by atoms with Crippen molar-refractivity contribution >= 4 is 11.6 Å². The molecule has 1 amide bonds. The summed E-state index contributed by atoms with van der Waals surface area (Å²) in [6, 6.07) is 38.8. The number of hydrogen-bond donors (Lipinski definition) is 1. The second-order valence-electron chi connectivity index (χ2n) is 9.74. The molecule has 0 radical (unpaired) electrons. The molecule has 1 aromatic heterocycles. The fourth-order valence-corrected chi connectivity index (χ4v) is 5.84. The molecule has 0 fully saturated rings. The maximum atomic E-state index is 14.9. The number of fused-ring (bicyclic) bond motifs is 4. The lowest BCUT2D eigenvalue weighted by Crippen LogP contribution is -2.46. The number of nitrogens with zero attached hydrogens (tertiary/aromatic N) is 4. The Morgan fingerprint density at radius 3 is 2.17 bits per heavy atom. The van der Waals surface area contributed by atoms with E-state index in [1.165, 1.54) is 0 Å². The highest BCUT2D eigenvalue weighted by atomic mass is 16.5. The van der Waals surface area contributed by atoms with Gasteiger partial charge in [-0.25, -0.2) is 0 Å². The van der Waals surface area contributed by atoms with Gasteiger partial charge in [0.05, 0.1) is 17.8 Å². The Kier molecular flexibility index (Phi) is 5.29. The number of ether oxygens (including phenoxy) is 1. The van der Waals surface area contributed by atoms with Crippen molar-refractivity contribution < 1.29 is 9.53 Å². The summed E-state index contributed by atoms with van der Waals surface area (Å²) in [4.78, 5) is 16.7. The fourth-order valence-electron chi connectivity index (χ4n) is 5.84. The van der Waals surface area contributed by atoms with Crippen molar-refractivity contribution in [3.63, 3.8) is 0 Å². The Labute approximate surface area is 231 Å². The molecule has 2 aliphatic heterocycles. The Balaban J connectivity index is 1.57. The van der Waals surface area contributed by atoms with Gasteiger partial charge in [-0.1, -0.05) is 97.1 Å². The SMILES string of the molecule is N#CC1=C(N)Oc2c(c(-c3ccccc3)nn2-c2ccccc2)C12C(=O)N(Cc1ccccc1)c1ccccc12. The molecule has 3 heterocycles. The minimum atomic E-state index is -1.55. The molecule has 1 unspecified atom stereocenters. The number of nitrogens with two attached hydrogens (primary N) is 1. The van der Waals surface area contributed by atoms with Gasteiger partial charge in [0, 0.05) is 16.8 Å². The Morgan fingerprint density at radius 1 is 0.850 bits per heavy atom. The van der Waals surface area contributed by atoms with E-state index in [2.05, 4.69) is 6.07 Å². The third-order valence-electron chi connectivity index (χ3n) is 7.55. The Bertz CT molecular complexity index is 1840. The molecule has 0 saturated heterocycles. The molecule has 0 saturated carbocycles. The predicted molar refractivity (Wildman–Crippen MR) is 151 cm³/mol. The third kappa shape index (κ3) is 3.23. The van der Waals surface area contributed by atoms with E-state index in [1.54, 1.807) is 9.58 Å².